The molecule has 1 aliphatic heterocycles. The molecule has 3 heterocycles. The molecule has 3 aromatic rings. The summed E-state index contributed by atoms with van der Waals surface area (Å²) < 4.78 is 29.3. The van der Waals surface area contributed by atoms with Crippen LogP contribution in [-0.2, 0) is 10.0 Å². The molecular formula is C19H22N6O2S. The third kappa shape index (κ3) is 3.50. The summed E-state index contributed by atoms with van der Waals surface area (Å²) in [6, 6.07) is 11.1. The molecule has 0 N–H and O–H groups in total. The van der Waals surface area contributed by atoms with Crippen LogP contribution in [0.25, 0.3) is 5.82 Å². The topological polar surface area (TPSA) is 84.2 Å². The molecule has 0 saturated carbocycles. The van der Waals surface area contributed by atoms with Crippen molar-refractivity contribution in [2.45, 2.75) is 18.7 Å². The lowest BCUT2D eigenvalue weighted by Crippen LogP contribution is -2.49. The van der Waals surface area contributed by atoms with E-state index in [-0.39, 0.29) is 0 Å². The van der Waals surface area contributed by atoms with Gasteiger partial charge in [0.1, 0.15) is 0 Å². The largest absolute Gasteiger partial charge is 0.352 e. The number of hydrogen-bond donors (Lipinski definition) is 0. The van der Waals surface area contributed by atoms with Gasteiger partial charge in [-0.25, -0.2) is 13.1 Å². The smallest absolute Gasteiger partial charge is 0.243 e. The lowest BCUT2D eigenvalue weighted by Gasteiger charge is -2.34. The Morgan fingerprint density at radius 1 is 0.929 bits per heavy atom. The highest BCUT2D eigenvalue weighted by molar-refractivity contribution is 7.89. The first kappa shape index (κ1) is 18.6. The second kappa shape index (κ2) is 7.33. The quantitative estimate of drug-likeness (QED) is 0.666. The van der Waals surface area contributed by atoms with E-state index in [4.69, 9.17) is 0 Å². The Morgan fingerprint density at radius 2 is 1.64 bits per heavy atom. The summed E-state index contributed by atoms with van der Waals surface area (Å²) >= 11 is 0. The number of rotatable bonds is 4. The van der Waals surface area contributed by atoms with Crippen LogP contribution in [0.2, 0.25) is 0 Å². The van der Waals surface area contributed by atoms with Gasteiger partial charge >= 0.3 is 0 Å². The molecule has 1 aliphatic rings. The van der Waals surface area contributed by atoms with Gasteiger partial charge in [-0.05, 0) is 49.2 Å². The molecule has 0 spiro atoms. The summed E-state index contributed by atoms with van der Waals surface area (Å²) in [6.07, 6.45) is 3.49. The van der Waals surface area contributed by atoms with Gasteiger partial charge in [0.2, 0.25) is 10.0 Å². The Kier molecular flexibility index (Phi) is 4.86. The number of aromatic nitrogens is 4. The minimum absolute atomic E-state index is 0.393. The zero-order valence-corrected chi connectivity index (χ0v) is 16.7. The van der Waals surface area contributed by atoms with Gasteiger partial charge in [0.25, 0.3) is 0 Å². The summed E-state index contributed by atoms with van der Waals surface area (Å²) in [7, 11) is -3.50. The monoisotopic (exact) mass is 398 g/mol. The lowest BCUT2D eigenvalue weighted by atomic mass is 10.2. The molecule has 0 bridgehead atoms. The van der Waals surface area contributed by atoms with Crippen molar-refractivity contribution < 1.29 is 8.42 Å². The Balaban J connectivity index is 1.46. The third-order valence-electron chi connectivity index (χ3n) is 4.90. The second-order valence-electron chi connectivity index (χ2n) is 6.86. The van der Waals surface area contributed by atoms with Gasteiger partial charge in [-0.15, -0.1) is 10.2 Å². The molecule has 1 aromatic carbocycles. The van der Waals surface area contributed by atoms with E-state index in [1.807, 2.05) is 44.2 Å². The first-order valence-corrected chi connectivity index (χ1v) is 10.6. The summed E-state index contributed by atoms with van der Waals surface area (Å²) in [6.45, 7) is 5.71. The van der Waals surface area contributed by atoms with Gasteiger partial charge in [0, 0.05) is 38.6 Å². The van der Waals surface area contributed by atoms with Crippen LogP contribution in [0.1, 0.15) is 11.1 Å². The van der Waals surface area contributed by atoms with Gasteiger partial charge in [-0.2, -0.15) is 9.40 Å². The average Bonchev–Trinajstić information content (AvgIpc) is 3.25. The molecule has 1 fully saturated rings. The van der Waals surface area contributed by atoms with Crippen molar-refractivity contribution >= 4 is 15.8 Å². The van der Waals surface area contributed by atoms with Crippen molar-refractivity contribution in [2.75, 3.05) is 31.1 Å². The molecular weight excluding hydrogens is 376 g/mol. The van der Waals surface area contributed by atoms with Gasteiger partial charge in [0.05, 0.1) is 4.90 Å². The Bertz CT molecular complexity index is 1060. The maximum absolute atomic E-state index is 13.0. The fraction of sp³-hybridized carbons (Fsp3) is 0.316. The predicted molar refractivity (Wildman–Crippen MR) is 106 cm³/mol. The van der Waals surface area contributed by atoms with Crippen LogP contribution in [0, 0.1) is 13.8 Å². The summed E-state index contributed by atoms with van der Waals surface area (Å²) in [4.78, 5) is 2.44. The molecule has 0 aliphatic carbocycles. The van der Waals surface area contributed by atoms with Crippen molar-refractivity contribution in [3.05, 3.63) is 59.9 Å². The second-order valence-corrected chi connectivity index (χ2v) is 8.77. The highest BCUT2D eigenvalue weighted by atomic mass is 32.2. The van der Waals surface area contributed by atoms with Gasteiger partial charge in [-0.1, -0.05) is 12.1 Å². The number of benzene rings is 1. The number of aryl methyl sites for hydroxylation is 2. The van der Waals surface area contributed by atoms with Crippen molar-refractivity contribution in [3.63, 3.8) is 0 Å². The maximum atomic E-state index is 13.0. The molecule has 0 atom stereocenters. The van der Waals surface area contributed by atoms with Crippen LogP contribution in [0.15, 0.2) is 53.7 Å². The Morgan fingerprint density at radius 3 is 2.29 bits per heavy atom. The van der Waals surface area contributed by atoms with Crippen LogP contribution in [-0.4, -0.2) is 58.9 Å². The maximum Gasteiger partial charge on any atom is 0.243 e. The minimum Gasteiger partial charge on any atom is -0.352 e. The molecule has 2 aromatic heterocycles. The first-order valence-electron chi connectivity index (χ1n) is 9.11. The molecule has 146 valence electrons. The van der Waals surface area contributed by atoms with E-state index in [1.54, 1.807) is 27.4 Å². The molecule has 9 heteroatoms. The molecule has 28 heavy (non-hydrogen) atoms. The van der Waals surface area contributed by atoms with Crippen LogP contribution >= 0.6 is 0 Å². The highest BCUT2D eigenvalue weighted by Crippen LogP contribution is 2.23. The van der Waals surface area contributed by atoms with Crippen molar-refractivity contribution in [2.24, 2.45) is 0 Å². The molecule has 1 saturated heterocycles. The normalized spacial score (nSPS) is 15.7. The fourth-order valence-corrected chi connectivity index (χ4v) is 5.03. The summed E-state index contributed by atoms with van der Waals surface area (Å²) in [5.41, 5.74) is 1.71. The zero-order chi connectivity index (χ0) is 19.7. The fourth-order valence-electron chi connectivity index (χ4n) is 3.30. The van der Waals surface area contributed by atoms with E-state index >= 15 is 0 Å². The van der Waals surface area contributed by atoms with Crippen molar-refractivity contribution in [1.29, 1.82) is 0 Å². The molecule has 8 nitrogen and oxygen atoms in total. The minimum atomic E-state index is -3.50. The first-order chi connectivity index (χ1) is 13.4. The van der Waals surface area contributed by atoms with Gasteiger partial charge < -0.3 is 4.90 Å². The standard InChI is InChI=1S/C19H22N6O2S/c1-15-4-5-16(2)17(14-15)28(26,27)24-12-10-23(11-13-24)18-6-7-19(22-21-18)25-9-3-8-20-25/h3-9,14H,10-13H2,1-2H3. The zero-order valence-electron chi connectivity index (χ0n) is 15.9. The van der Waals surface area contributed by atoms with E-state index in [1.165, 1.54) is 0 Å². The van der Waals surface area contributed by atoms with Crippen LogP contribution in [0.3, 0.4) is 0 Å². The van der Waals surface area contributed by atoms with Gasteiger partial charge in [0.15, 0.2) is 11.6 Å². The van der Waals surface area contributed by atoms with E-state index in [0.29, 0.717) is 36.9 Å². The number of nitrogens with zero attached hydrogens (tertiary/aromatic N) is 6. The number of piperazine rings is 1. The van der Waals surface area contributed by atoms with Crippen molar-refractivity contribution in [1.82, 2.24) is 24.3 Å². The molecule has 0 amide bonds. The van der Waals surface area contributed by atoms with Gasteiger partial charge in [-0.3, -0.25) is 0 Å². The van der Waals surface area contributed by atoms with E-state index in [0.717, 1.165) is 16.9 Å². The lowest BCUT2D eigenvalue weighted by molar-refractivity contribution is 0.383. The Labute approximate surface area is 164 Å². The van der Waals surface area contributed by atoms with E-state index in [2.05, 4.69) is 20.2 Å². The summed E-state index contributed by atoms with van der Waals surface area (Å²) in [5.74, 6) is 1.38. The SMILES string of the molecule is Cc1ccc(C)c(S(=O)(=O)N2CCN(c3ccc(-n4cccn4)nn3)CC2)c1. The molecule has 4 rings (SSSR count). The third-order valence-corrected chi connectivity index (χ3v) is 6.94. The summed E-state index contributed by atoms with van der Waals surface area (Å²) in [5, 5.41) is 12.6. The average molecular weight is 398 g/mol. The van der Waals surface area contributed by atoms with Crippen LogP contribution < -0.4 is 4.90 Å². The van der Waals surface area contributed by atoms with Crippen LogP contribution in [0.4, 0.5) is 5.82 Å². The van der Waals surface area contributed by atoms with Crippen LogP contribution in [0.5, 0.6) is 0 Å². The predicted octanol–water partition coefficient (Wildman–Crippen LogP) is 1.79. The number of anilines is 1. The number of hydrogen-bond acceptors (Lipinski definition) is 6. The van der Waals surface area contributed by atoms with E-state index < -0.39 is 10.0 Å². The number of sulfonamides is 1. The van der Waals surface area contributed by atoms with Crippen molar-refractivity contribution in [3.8, 4) is 5.82 Å². The molecule has 0 unspecified atom stereocenters. The Hall–Kier alpha value is -2.78. The highest BCUT2D eigenvalue weighted by Gasteiger charge is 2.30. The van der Waals surface area contributed by atoms with E-state index in [9.17, 15) is 8.42 Å². The molecule has 0 radical (unpaired) electrons.